The quantitative estimate of drug-likeness (QED) is 0.430. The fourth-order valence-electron chi connectivity index (χ4n) is 3.88. The monoisotopic (exact) mass is 429 g/mol. The first kappa shape index (κ1) is 20.4. The number of hydrogen-bond donors (Lipinski definition) is 0. The average molecular weight is 430 g/mol. The number of pyridine rings is 1. The first-order valence-corrected chi connectivity index (χ1v) is 10.1. The van der Waals surface area contributed by atoms with E-state index in [1.807, 2.05) is 18.2 Å². The zero-order valence-electron chi connectivity index (χ0n) is 16.5. The minimum atomic E-state index is -0.544. The van der Waals surface area contributed by atoms with Crippen molar-refractivity contribution in [1.82, 2.24) is 19.4 Å². The van der Waals surface area contributed by atoms with Gasteiger partial charge in [0.05, 0.1) is 5.69 Å². The van der Waals surface area contributed by atoms with Gasteiger partial charge in [-0.1, -0.05) is 25.1 Å². The van der Waals surface area contributed by atoms with E-state index in [2.05, 4.69) is 16.8 Å². The van der Waals surface area contributed by atoms with Crippen LogP contribution in [0, 0.1) is 21.8 Å². The SMILES string of the molecule is CC(CN1CCc2nc(-c3ccccc3F)ccc2C1)Cn1cc([N+](=O)[O-])nc1Cl. The van der Waals surface area contributed by atoms with Crippen LogP contribution in [-0.2, 0) is 19.5 Å². The van der Waals surface area contributed by atoms with Gasteiger partial charge in [-0.25, -0.2) is 4.39 Å². The Kier molecular flexibility index (Phi) is 5.78. The summed E-state index contributed by atoms with van der Waals surface area (Å²) in [6.07, 6.45) is 2.17. The molecule has 1 unspecified atom stereocenters. The highest BCUT2D eigenvalue weighted by atomic mass is 35.5. The van der Waals surface area contributed by atoms with Gasteiger partial charge < -0.3 is 10.1 Å². The van der Waals surface area contributed by atoms with E-state index in [1.54, 1.807) is 16.7 Å². The van der Waals surface area contributed by atoms with Crippen molar-refractivity contribution in [2.45, 2.75) is 26.4 Å². The molecule has 0 spiro atoms. The lowest BCUT2D eigenvalue weighted by atomic mass is 10.0. The lowest BCUT2D eigenvalue weighted by Crippen LogP contribution is -2.35. The van der Waals surface area contributed by atoms with E-state index in [0.717, 1.165) is 37.3 Å². The highest BCUT2D eigenvalue weighted by Crippen LogP contribution is 2.25. The Balaban J connectivity index is 1.41. The number of halogens is 2. The van der Waals surface area contributed by atoms with Gasteiger partial charge in [0.2, 0.25) is 0 Å². The number of benzene rings is 1. The van der Waals surface area contributed by atoms with E-state index >= 15 is 0 Å². The number of nitro groups is 1. The predicted molar refractivity (Wildman–Crippen MR) is 112 cm³/mol. The second-order valence-electron chi connectivity index (χ2n) is 7.65. The van der Waals surface area contributed by atoms with Crippen LogP contribution in [0.4, 0.5) is 10.2 Å². The zero-order valence-corrected chi connectivity index (χ0v) is 17.2. The minimum absolute atomic E-state index is 0.127. The number of nitrogens with zero attached hydrogens (tertiary/aromatic N) is 5. The Morgan fingerprint density at radius 3 is 2.77 bits per heavy atom. The van der Waals surface area contributed by atoms with Gasteiger partial charge in [0.15, 0.2) is 0 Å². The predicted octanol–water partition coefficient (Wildman–Crippen LogP) is 4.34. The normalized spacial score (nSPS) is 15.0. The van der Waals surface area contributed by atoms with Crippen molar-refractivity contribution < 1.29 is 9.31 Å². The van der Waals surface area contributed by atoms with Crippen molar-refractivity contribution in [3.05, 3.63) is 75.1 Å². The molecular weight excluding hydrogens is 409 g/mol. The highest BCUT2D eigenvalue weighted by Gasteiger charge is 2.22. The summed E-state index contributed by atoms with van der Waals surface area (Å²) in [5.41, 5.74) is 3.32. The Bertz CT molecular complexity index is 1090. The zero-order chi connectivity index (χ0) is 21.3. The molecule has 9 heteroatoms. The molecule has 3 heterocycles. The number of hydrogen-bond acceptors (Lipinski definition) is 5. The summed E-state index contributed by atoms with van der Waals surface area (Å²) < 4.78 is 15.7. The second kappa shape index (κ2) is 8.49. The molecule has 4 rings (SSSR count). The number of imidazole rings is 1. The summed E-state index contributed by atoms with van der Waals surface area (Å²) in [6, 6.07) is 10.6. The summed E-state index contributed by atoms with van der Waals surface area (Å²) >= 11 is 6.02. The van der Waals surface area contributed by atoms with Crippen molar-refractivity contribution in [1.29, 1.82) is 0 Å². The van der Waals surface area contributed by atoms with Crippen LogP contribution in [0.3, 0.4) is 0 Å². The van der Waals surface area contributed by atoms with Gasteiger partial charge in [0.1, 0.15) is 12.0 Å². The molecule has 0 fully saturated rings. The van der Waals surface area contributed by atoms with Crippen molar-refractivity contribution >= 4 is 17.4 Å². The van der Waals surface area contributed by atoms with Gasteiger partial charge in [0.25, 0.3) is 0 Å². The fraction of sp³-hybridized carbons (Fsp3) is 0.333. The van der Waals surface area contributed by atoms with Crippen LogP contribution in [0.25, 0.3) is 11.3 Å². The van der Waals surface area contributed by atoms with E-state index < -0.39 is 4.92 Å². The maximum Gasteiger partial charge on any atom is 0.383 e. The van der Waals surface area contributed by atoms with Crippen LogP contribution in [-0.4, -0.2) is 37.4 Å². The van der Waals surface area contributed by atoms with E-state index in [4.69, 9.17) is 16.6 Å². The van der Waals surface area contributed by atoms with Gasteiger partial charge >= 0.3 is 11.1 Å². The molecule has 0 N–H and O–H groups in total. The van der Waals surface area contributed by atoms with Crippen LogP contribution >= 0.6 is 11.6 Å². The molecule has 0 aliphatic carbocycles. The summed E-state index contributed by atoms with van der Waals surface area (Å²) in [6.45, 7) is 5.06. The van der Waals surface area contributed by atoms with Crippen LogP contribution in [0.5, 0.6) is 0 Å². The molecule has 3 aromatic rings. The van der Waals surface area contributed by atoms with Crippen LogP contribution in [0.15, 0.2) is 42.6 Å². The molecule has 2 aromatic heterocycles. The third-order valence-electron chi connectivity index (χ3n) is 5.26. The molecule has 1 aromatic carbocycles. The molecule has 1 aliphatic heterocycles. The fourth-order valence-corrected chi connectivity index (χ4v) is 4.08. The average Bonchev–Trinajstić information content (AvgIpc) is 3.08. The third kappa shape index (κ3) is 4.34. The minimum Gasteiger partial charge on any atom is -0.358 e. The van der Waals surface area contributed by atoms with Gasteiger partial charge in [-0.2, -0.15) is 0 Å². The molecule has 0 amide bonds. The maximum absolute atomic E-state index is 14.1. The smallest absolute Gasteiger partial charge is 0.358 e. The standard InChI is InChI=1S/C21H21ClFN5O2/c1-14(11-27-13-20(28(29)30)25-21(27)22)10-26-9-8-18-15(12-26)6-7-19(24-18)16-4-2-3-5-17(16)23/h2-7,13-14H,8-12H2,1H3. The molecular formula is C21H21ClFN5O2. The topological polar surface area (TPSA) is 77.1 Å². The van der Waals surface area contributed by atoms with Crippen LogP contribution in [0.1, 0.15) is 18.2 Å². The lowest BCUT2D eigenvalue weighted by molar-refractivity contribution is -0.389. The summed E-state index contributed by atoms with van der Waals surface area (Å²) in [4.78, 5) is 21.1. The van der Waals surface area contributed by atoms with E-state index in [-0.39, 0.29) is 22.8 Å². The van der Waals surface area contributed by atoms with Crippen molar-refractivity contribution in [3.8, 4) is 11.3 Å². The Labute approximate surface area is 178 Å². The van der Waals surface area contributed by atoms with E-state index in [0.29, 0.717) is 17.8 Å². The summed E-state index contributed by atoms with van der Waals surface area (Å²) in [7, 11) is 0. The number of rotatable bonds is 6. The van der Waals surface area contributed by atoms with Crippen LogP contribution in [0.2, 0.25) is 5.28 Å². The lowest BCUT2D eigenvalue weighted by Gasteiger charge is -2.30. The first-order chi connectivity index (χ1) is 14.4. The van der Waals surface area contributed by atoms with Gasteiger partial charge in [-0.15, -0.1) is 0 Å². The Morgan fingerprint density at radius 2 is 2.03 bits per heavy atom. The summed E-state index contributed by atoms with van der Waals surface area (Å²) in [5.74, 6) is -0.283. The second-order valence-corrected chi connectivity index (χ2v) is 7.99. The van der Waals surface area contributed by atoms with Crippen molar-refractivity contribution in [2.75, 3.05) is 13.1 Å². The molecule has 156 valence electrons. The number of aromatic nitrogens is 3. The van der Waals surface area contributed by atoms with Gasteiger partial charge in [-0.05, 0) is 51.2 Å². The van der Waals surface area contributed by atoms with Gasteiger partial charge in [-0.3, -0.25) is 14.5 Å². The van der Waals surface area contributed by atoms with Crippen molar-refractivity contribution in [3.63, 3.8) is 0 Å². The third-order valence-corrected chi connectivity index (χ3v) is 5.56. The molecule has 30 heavy (non-hydrogen) atoms. The largest absolute Gasteiger partial charge is 0.383 e. The Morgan fingerprint density at radius 1 is 1.23 bits per heavy atom. The van der Waals surface area contributed by atoms with Gasteiger partial charge in [0, 0.05) is 43.9 Å². The molecule has 0 radical (unpaired) electrons. The molecule has 0 saturated heterocycles. The van der Waals surface area contributed by atoms with Crippen molar-refractivity contribution in [2.24, 2.45) is 5.92 Å². The van der Waals surface area contributed by atoms with E-state index in [1.165, 1.54) is 12.3 Å². The molecule has 1 atom stereocenters. The highest BCUT2D eigenvalue weighted by molar-refractivity contribution is 6.28. The molecule has 0 bridgehead atoms. The summed E-state index contributed by atoms with van der Waals surface area (Å²) in [5, 5.41) is 11.0. The molecule has 7 nitrogen and oxygen atoms in total. The maximum atomic E-state index is 14.1. The molecule has 1 aliphatic rings. The van der Waals surface area contributed by atoms with E-state index in [9.17, 15) is 14.5 Å². The molecule has 0 saturated carbocycles. The Hall–Kier alpha value is -2.84. The number of fused-ring (bicyclic) bond motifs is 1. The first-order valence-electron chi connectivity index (χ1n) is 9.74. The van der Waals surface area contributed by atoms with Crippen LogP contribution < -0.4 is 0 Å².